The molecule has 0 bridgehead atoms. The van der Waals surface area contributed by atoms with Crippen LogP contribution < -0.4 is 0 Å². The normalized spacial score (nSPS) is 17.4. The number of nitrogens with zero attached hydrogens (tertiary/aromatic N) is 2. The van der Waals surface area contributed by atoms with Gasteiger partial charge < -0.3 is 9.30 Å². The van der Waals surface area contributed by atoms with Crippen molar-refractivity contribution < 1.29 is 9.53 Å². The average Bonchev–Trinajstić information content (AvgIpc) is 2.84. The Morgan fingerprint density at radius 1 is 1.43 bits per heavy atom. The summed E-state index contributed by atoms with van der Waals surface area (Å²) in [5.74, 6) is 0.275. The van der Waals surface area contributed by atoms with E-state index in [1.807, 2.05) is 31.2 Å². The van der Waals surface area contributed by atoms with Crippen molar-refractivity contribution in [2.24, 2.45) is 0 Å². The Kier molecular flexibility index (Phi) is 3.72. The molecule has 1 aromatic carbocycles. The number of carbonyl (C=O) groups excluding carboxylic acids is 1. The number of rotatable bonds is 2. The smallest absolute Gasteiger partial charge is 0.314 e. The van der Waals surface area contributed by atoms with Gasteiger partial charge in [-0.05, 0) is 25.3 Å². The number of carbonyl (C=O) groups is 1. The summed E-state index contributed by atoms with van der Waals surface area (Å²) in [4.78, 5) is 16.5. The maximum absolute atomic E-state index is 12.0. The van der Waals surface area contributed by atoms with Crippen molar-refractivity contribution >= 4 is 17.6 Å². The molecule has 2 heterocycles. The minimum atomic E-state index is -0.318. The van der Waals surface area contributed by atoms with Crippen LogP contribution in [0.1, 0.15) is 30.0 Å². The molecule has 4 nitrogen and oxygen atoms in total. The van der Waals surface area contributed by atoms with Crippen molar-refractivity contribution in [2.75, 3.05) is 7.11 Å². The minimum absolute atomic E-state index is 0.242. The molecule has 0 saturated carbocycles. The van der Waals surface area contributed by atoms with E-state index < -0.39 is 0 Å². The number of fused-ring (bicyclic) bond motifs is 1. The summed E-state index contributed by atoms with van der Waals surface area (Å²) >= 11 is 6.32. The molecule has 0 N–H and O–H groups in total. The zero-order chi connectivity index (χ0) is 15.0. The first-order valence-electron chi connectivity index (χ1n) is 7.03. The van der Waals surface area contributed by atoms with Crippen molar-refractivity contribution in [2.45, 2.75) is 32.2 Å². The van der Waals surface area contributed by atoms with Gasteiger partial charge in [0.05, 0.1) is 12.8 Å². The number of methoxy groups -OCH3 is 1. The molecule has 3 rings (SSSR count). The fraction of sp³-hybridized carbons (Fsp3) is 0.375. The molecule has 1 atom stereocenters. The summed E-state index contributed by atoms with van der Waals surface area (Å²) in [6.45, 7) is 2.87. The van der Waals surface area contributed by atoms with Crippen molar-refractivity contribution in [3.63, 3.8) is 0 Å². The summed E-state index contributed by atoms with van der Waals surface area (Å²) < 4.78 is 6.97. The third kappa shape index (κ3) is 2.33. The Morgan fingerprint density at radius 3 is 2.90 bits per heavy atom. The van der Waals surface area contributed by atoms with Crippen LogP contribution >= 0.6 is 11.6 Å². The first kappa shape index (κ1) is 14.1. The SMILES string of the molecule is COC(=O)C1CCCn2c(-c3ccccc3C)nc(Cl)c21. The van der Waals surface area contributed by atoms with Crippen LogP contribution in [0.4, 0.5) is 0 Å². The van der Waals surface area contributed by atoms with Crippen molar-refractivity contribution in [3.05, 3.63) is 40.7 Å². The van der Waals surface area contributed by atoms with E-state index in [0.29, 0.717) is 5.15 Å². The summed E-state index contributed by atoms with van der Waals surface area (Å²) in [7, 11) is 1.41. The number of hydrogen-bond acceptors (Lipinski definition) is 3. The largest absolute Gasteiger partial charge is 0.469 e. The number of aromatic nitrogens is 2. The van der Waals surface area contributed by atoms with E-state index in [1.165, 1.54) is 7.11 Å². The maximum Gasteiger partial charge on any atom is 0.314 e. The van der Waals surface area contributed by atoms with Crippen LogP contribution in [0.3, 0.4) is 0 Å². The van der Waals surface area contributed by atoms with Gasteiger partial charge in [0.2, 0.25) is 0 Å². The van der Waals surface area contributed by atoms with Crippen molar-refractivity contribution in [1.29, 1.82) is 0 Å². The second-order valence-corrected chi connectivity index (χ2v) is 5.65. The molecule has 0 amide bonds. The van der Waals surface area contributed by atoms with Gasteiger partial charge in [0.25, 0.3) is 0 Å². The molecular formula is C16H17ClN2O2. The van der Waals surface area contributed by atoms with Crippen LogP contribution in [0, 0.1) is 6.92 Å². The van der Waals surface area contributed by atoms with Gasteiger partial charge >= 0.3 is 5.97 Å². The highest BCUT2D eigenvalue weighted by molar-refractivity contribution is 6.30. The summed E-state index contributed by atoms with van der Waals surface area (Å²) in [5.41, 5.74) is 2.98. The van der Waals surface area contributed by atoms with E-state index in [1.54, 1.807) is 0 Å². The highest BCUT2D eigenvalue weighted by atomic mass is 35.5. The molecule has 110 valence electrons. The molecular weight excluding hydrogens is 288 g/mol. The maximum atomic E-state index is 12.0. The van der Waals surface area contributed by atoms with E-state index >= 15 is 0 Å². The van der Waals surface area contributed by atoms with Gasteiger partial charge in [-0.3, -0.25) is 4.79 Å². The number of halogens is 1. The molecule has 1 aliphatic rings. The van der Waals surface area contributed by atoms with E-state index in [2.05, 4.69) is 9.55 Å². The molecule has 0 spiro atoms. The number of imidazole rings is 1. The molecule has 0 radical (unpaired) electrons. The Labute approximate surface area is 128 Å². The topological polar surface area (TPSA) is 44.1 Å². The zero-order valence-electron chi connectivity index (χ0n) is 12.1. The lowest BCUT2D eigenvalue weighted by atomic mass is 9.96. The van der Waals surface area contributed by atoms with Crippen LogP contribution in [0.25, 0.3) is 11.4 Å². The predicted molar refractivity (Wildman–Crippen MR) is 81.4 cm³/mol. The van der Waals surface area contributed by atoms with Gasteiger partial charge in [0.1, 0.15) is 11.7 Å². The van der Waals surface area contributed by atoms with Gasteiger partial charge in [-0.1, -0.05) is 35.9 Å². The fourth-order valence-corrected chi connectivity index (χ4v) is 3.30. The molecule has 5 heteroatoms. The van der Waals surface area contributed by atoms with Gasteiger partial charge in [0, 0.05) is 12.1 Å². The number of hydrogen-bond donors (Lipinski definition) is 0. The van der Waals surface area contributed by atoms with Gasteiger partial charge in [0.15, 0.2) is 5.15 Å². The first-order valence-corrected chi connectivity index (χ1v) is 7.41. The Morgan fingerprint density at radius 2 is 2.19 bits per heavy atom. The summed E-state index contributed by atoms with van der Waals surface area (Å²) in [6.07, 6.45) is 1.67. The Bertz CT molecular complexity index is 694. The quantitative estimate of drug-likeness (QED) is 0.797. The highest BCUT2D eigenvalue weighted by Gasteiger charge is 2.33. The van der Waals surface area contributed by atoms with Gasteiger partial charge in [-0.15, -0.1) is 0 Å². The van der Waals surface area contributed by atoms with E-state index in [0.717, 1.165) is 42.0 Å². The third-order valence-electron chi connectivity index (χ3n) is 4.04. The van der Waals surface area contributed by atoms with E-state index in [-0.39, 0.29) is 11.9 Å². The molecule has 2 aromatic rings. The molecule has 0 saturated heterocycles. The lowest BCUT2D eigenvalue weighted by Crippen LogP contribution is -2.23. The molecule has 21 heavy (non-hydrogen) atoms. The molecule has 1 unspecified atom stereocenters. The zero-order valence-corrected chi connectivity index (χ0v) is 12.9. The lowest BCUT2D eigenvalue weighted by molar-refractivity contribution is -0.143. The minimum Gasteiger partial charge on any atom is -0.469 e. The highest BCUT2D eigenvalue weighted by Crippen LogP contribution is 2.37. The number of esters is 1. The standard InChI is InChI=1S/C16H17ClN2O2/c1-10-6-3-4-7-11(10)15-18-14(17)13-12(16(20)21-2)8-5-9-19(13)15/h3-4,6-7,12H,5,8-9H2,1-2H3. The number of aryl methyl sites for hydroxylation is 1. The van der Waals surface area contributed by atoms with Crippen molar-refractivity contribution in [1.82, 2.24) is 9.55 Å². The molecule has 1 aromatic heterocycles. The summed E-state index contributed by atoms with van der Waals surface area (Å²) in [5, 5.41) is 0.406. The van der Waals surface area contributed by atoms with Crippen LogP contribution in [0.2, 0.25) is 5.15 Å². The van der Waals surface area contributed by atoms with Gasteiger partial charge in [-0.25, -0.2) is 4.98 Å². The molecule has 0 aliphatic carbocycles. The van der Waals surface area contributed by atoms with Crippen LogP contribution in [0.15, 0.2) is 24.3 Å². The monoisotopic (exact) mass is 304 g/mol. The Hall–Kier alpha value is -1.81. The second-order valence-electron chi connectivity index (χ2n) is 5.30. The Balaban J connectivity index is 2.15. The molecule has 0 fully saturated rings. The lowest BCUT2D eigenvalue weighted by Gasteiger charge is -2.24. The van der Waals surface area contributed by atoms with Crippen LogP contribution in [0.5, 0.6) is 0 Å². The van der Waals surface area contributed by atoms with E-state index in [4.69, 9.17) is 16.3 Å². The summed E-state index contributed by atoms with van der Waals surface area (Å²) in [6, 6.07) is 8.06. The number of ether oxygens (including phenoxy) is 1. The van der Waals surface area contributed by atoms with Crippen molar-refractivity contribution in [3.8, 4) is 11.4 Å². The van der Waals surface area contributed by atoms with Gasteiger partial charge in [-0.2, -0.15) is 0 Å². The average molecular weight is 305 g/mol. The second kappa shape index (κ2) is 5.53. The van der Waals surface area contributed by atoms with Crippen LogP contribution in [-0.4, -0.2) is 22.6 Å². The first-order chi connectivity index (χ1) is 10.1. The molecule has 1 aliphatic heterocycles. The predicted octanol–water partition coefficient (Wildman–Crippen LogP) is 3.56. The number of benzene rings is 1. The third-order valence-corrected chi connectivity index (χ3v) is 4.32. The van der Waals surface area contributed by atoms with E-state index in [9.17, 15) is 4.79 Å². The van der Waals surface area contributed by atoms with Crippen LogP contribution in [-0.2, 0) is 16.1 Å². The fourth-order valence-electron chi connectivity index (χ4n) is 2.99.